The number of benzene rings is 1. The van der Waals surface area contributed by atoms with Crippen molar-refractivity contribution in [3.05, 3.63) is 41.0 Å². The van der Waals surface area contributed by atoms with E-state index in [1.54, 1.807) is 11.3 Å². The minimum absolute atomic E-state index is 1.25. The first-order chi connectivity index (χ1) is 7.29. The van der Waals surface area contributed by atoms with Crippen molar-refractivity contribution in [2.75, 3.05) is 0 Å². The summed E-state index contributed by atoms with van der Waals surface area (Å²) in [5.74, 6) is 0. The van der Waals surface area contributed by atoms with Crippen molar-refractivity contribution in [2.24, 2.45) is 0 Å². The zero-order valence-corrected chi connectivity index (χ0v) is 10.6. The molecule has 15 heavy (non-hydrogen) atoms. The number of rotatable bonds is 1. The second-order valence-corrected chi connectivity index (χ2v) is 4.00. The maximum atomic E-state index is 4.09. The van der Waals surface area contributed by atoms with Crippen molar-refractivity contribution in [1.82, 2.24) is 4.98 Å². The summed E-state index contributed by atoms with van der Waals surface area (Å²) in [5, 5.41) is 0. The van der Waals surface area contributed by atoms with E-state index >= 15 is 0 Å². The topological polar surface area (TPSA) is 12.9 Å². The van der Waals surface area contributed by atoms with Gasteiger partial charge in [-0.2, -0.15) is 0 Å². The first kappa shape index (κ1) is 11.9. The molecule has 2 heteroatoms. The minimum atomic E-state index is 1.25. The lowest BCUT2D eigenvalue weighted by Crippen LogP contribution is -1.83. The van der Waals surface area contributed by atoms with Crippen LogP contribution in [0.4, 0.5) is 0 Å². The van der Waals surface area contributed by atoms with E-state index < -0.39 is 0 Å². The third kappa shape index (κ3) is 2.66. The van der Waals surface area contributed by atoms with Crippen molar-refractivity contribution in [3.63, 3.8) is 0 Å². The predicted octanol–water partition coefficient (Wildman–Crippen LogP) is 4.45. The van der Waals surface area contributed by atoms with Gasteiger partial charge in [0.05, 0.1) is 10.4 Å². The van der Waals surface area contributed by atoms with Crippen molar-refractivity contribution >= 4 is 11.3 Å². The maximum Gasteiger partial charge on any atom is 0.0797 e. The fourth-order valence-corrected chi connectivity index (χ4v) is 2.07. The van der Waals surface area contributed by atoms with Gasteiger partial charge in [0.25, 0.3) is 0 Å². The van der Waals surface area contributed by atoms with Crippen LogP contribution in [0, 0.1) is 13.8 Å². The molecule has 0 fully saturated rings. The molecule has 0 N–H and O–H groups in total. The summed E-state index contributed by atoms with van der Waals surface area (Å²) in [5.41, 5.74) is 5.87. The molecular weight excluding hydrogens is 202 g/mol. The van der Waals surface area contributed by atoms with Gasteiger partial charge < -0.3 is 0 Å². The van der Waals surface area contributed by atoms with Gasteiger partial charge in [0.1, 0.15) is 0 Å². The van der Waals surface area contributed by atoms with Gasteiger partial charge in [-0.25, -0.2) is 0 Å². The van der Waals surface area contributed by atoms with Crippen LogP contribution in [0.1, 0.15) is 25.0 Å². The highest BCUT2D eigenvalue weighted by atomic mass is 32.1. The van der Waals surface area contributed by atoms with Crippen LogP contribution >= 0.6 is 11.3 Å². The molecule has 0 aliphatic heterocycles. The van der Waals surface area contributed by atoms with Crippen molar-refractivity contribution in [3.8, 4) is 10.4 Å². The third-order valence-electron chi connectivity index (χ3n) is 2.30. The molecule has 0 saturated heterocycles. The van der Waals surface area contributed by atoms with Crippen molar-refractivity contribution < 1.29 is 0 Å². The number of thiazole rings is 1. The smallest absolute Gasteiger partial charge is 0.0797 e. The number of nitrogens with zero attached hydrogens (tertiary/aromatic N) is 1. The monoisotopic (exact) mass is 219 g/mol. The molecule has 0 spiro atoms. The van der Waals surface area contributed by atoms with E-state index in [1.807, 2.05) is 25.6 Å². The van der Waals surface area contributed by atoms with Crippen LogP contribution in [0.25, 0.3) is 10.4 Å². The highest BCUT2D eigenvalue weighted by Gasteiger charge is 2.03. The molecule has 0 aliphatic carbocycles. The second kappa shape index (κ2) is 5.66. The average Bonchev–Trinajstić information content (AvgIpc) is 2.78. The lowest BCUT2D eigenvalue weighted by molar-refractivity contribution is 1.34. The highest BCUT2D eigenvalue weighted by molar-refractivity contribution is 7.13. The highest BCUT2D eigenvalue weighted by Crippen LogP contribution is 2.27. The molecule has 80 valence electrons. The molecular formula is C13H17NS. The Hall–Kier alpha value is -1.15. The molecule has 2 aromatic rings. The molecule has 0 unspecified atom stereocenters. The normalized spacial score (nSPS) is 9.33. The van der Waals surface area contributed by atoms with Gasteiger partial charge in [0.2, 0.25) is 0 Å². The fourth-order valence-electron chi connectivity index (χ4n) is 1.37. The van der Waals surface area contributed by atoms with Gasteiger partial charge in [0.15, 0.2) is 0 Å². The van der Waals surface area contributed by atoms with E-state index in [9.17, 15) is 0 Å². The Balaban J connectivity index is 0.000000531. The molecule has 0 radical (unpaired) electrons. The van der Waals surface area contributed by atoms with E-state index in [0.717, 1.165) is 0 Å². The Bertz CT molecular complexity index is 404. The van der Waals surface area contributed by atoms with E-state index in [1.165, 1.54) is 21.6 Å². The van der Waals surface area contributed by atoms with E-state index in [0.29, 0.717) is 0 Å². The van der Waals surface area contributed by atoms with Crippen LogP contribution in [0.15, 0.2) is 29.9 Å². The minimum Gasteiger partial charge on any atom is -0.252 e. The molecule has 0 bridgehead atoms. The van der Waals surface area contributed by atoms with Crippen LogP contribution < -0.4 is 0 Å². The summed E-state index contributed by atoms with van der Waals surface area (Å²) in [6.07, 6.45) is 1.92. The quantitative estimate of drug-likeness (QED) is 0.690. The molecule has 1 heterocycles. The summed E-state index contributed by atoms with van der Waals surface area (Å²) in [6.45, 7) is 8.30. The van der Waals surface area contributed by atoms with Gasteiger partial charge in [-0.3, -0.25) is 4.98 Å². The molecule has 0 amide bonds. The molecule has 0 aliphatic rings. The second-order valence-electron chi connectivity index (χ2n) is 3.11. The first-order valence-electron chi connectivity index (χ1n) is 5.24. The molecule has 2 rings (SSSR count). The molecule has 1 nitrogen and oxygen atoms in total. The van der Waals surface area contributed by atoms with Gasteiger partial charge in [0, 0.05) is 6.20 Å². The van der Waals surface area contributed by atoms with Gasteiger partial charge in [-0.15, -0.1) is 11.3 Å². The Labute approximate surface area is 95.8 Å². The third-order valence-corrected chi connectivity index (χ3v) is 3.11. The van der Waals surface area contributed by atoms with Crippen LogP contribution in [-0.2, 0) is 0 Å². The van der Waals surface area contributed by atoms with Crippen molar-refractivity contribution in [1.29, 1.82) is 0 Å². The fraction of sp³-hybridized carbons (Fsp3) is 0.308. The first-order valence-corrected chi connectivity index (χ1v) is 6.12. The van der Waals surface area contributed by atoms with Gasteiger partial charge in [-0.1, -0.05) is 32.0 Å². The van der Waals surface area contributed by atoms with Gasteiger partial charge >= 0.3 is 0 Å². The van der Waals surface area contributed by atoms with Crippen LogP contribution in [0.2, 0.25) is 0 Å². The zero-order chi connectivity index (χ0) is 11.3. The maximum absolute atomic E-state index is 4.09. The Morgan fingerprint density at radius 3 is 2.47 bits per heavy atom. The van der Waals surface area contributed by atoms with Crippen LogP contribution in [0.3, 0.4) is 0 Å². The zero-order valence-electron chi connectivity index (χ0n) is 9.74. The summed E-state index contributed by atoms with van der Waals surface area (Å²) in [4.78, 5) is 5.34. The SMILES string of the molecule is CC.Cc1cccc(-c2cncs2)c1C. The number of aromatic nitrogens is 1. The summed E-state index contributed by atoms with van der Waals surface area (Å²) < 4.78 is 0. The summed E-state index contributed by atoms with van der Waals surface area (Å²) in [7, 11) is 0. The van der Waals surface area contributed by atoms with Crippen LogP contribution in [0.5, 0.6) is 0 Å². The number of hydrogen-bond acceptors (Lipinski definition) is 2. The summed E-state index contributed by atoms with van der Waals surface area (Å²) in [6, 6.07) is 6.38. The largest absolute Gasteiger partial charge is 0.252 e. The van der Waals surface area contributed by atoms with Gasteiger partial charge in [-0.05, 0) is 30.5 Å². The molecule has 0 atom stereocenters. The van der Waals surface area contributed by atoms with Crippen molar-refractivity contribution in [2.45, 2.75) is 27.7 Å². The van der Waals surface area contributed by atoms with E-state index in [-0.39, 0.29) is 0 Å². The van der Waals surface area contributed by atoms with Crippen LogP contribution in [-0.4, -0.2) is 4.98 Å². The lowest BCUT2D eigenvalue weighted by atomic mass is 10.0. The standard InChI is InChI=1S/C11H11NS.C2H6/c1-8-4-3-5-10(9(8)2)11-6-12-7-13-11;1-2/h3-7H,1-2H3;1-2H3. The number of hydrogen-bond donors (Lipinski definition) is 0. The Morgan fingerprint density at radius 2 is 1.87 bits per heavy atom. The van der Waals surface area contributed by atoms with E-state index in [2.05, 4.69) is 37.0 Å². The Morgan fingerprint density at radius 1 is 1.13 bits per heavy atom. The number of aryl methyl sites for hydroxylation is 1. The lowest BCUT2D eigenvalue weighted by Gasteiger charge is -2.04. The molecule has 1 aromatic carbocycles. The van der Waals surface area contributed by atoms with E-state index in [4.69, 9.17) is 0 Å². The Kier molecular flexibility index (Phi) is 4.50. The average molecular weight is 219 g/mol. The molecule has 0 saturated carbocycles. The summed E-state index contributed by atoms with van der Waals surface area (Å²) >= 11 is 1.69. The predicted molar refractivity (Wildman–Crippen MR) is 68.4 cm³/mol. The molecule has 1 aromatic heterocycles.